The molecule has 3 aromatic rings. The molecular formula is C24H26Cl2N4O2. The van der Waals surface area contributed by atoms with Crippen molar-refractivity contribution in [3.8, 4) is 5.75 Å². The predicted octanol–water partition coefficient (Wildman–Crippen LogP) is 6.14. The summed E-state index contributed by atoms with van der Waals surface area (Å²) < 4.78 is 8.03. The van der Waals surface area contributed by atoms with Crippen LogP contribution in [-0.2, 0) is 17.9 Å². The minimum atomic E-state index is -0.264. The fraction of sp³-hybridized carbons (Fsp3) is 0.375. The van der Waals surface area contributed by atoms with Gasteiger partial charge in [-0.25, -0.2) is 9.67 Å². The molecule has 2 heterocycles. The van der Waals surface area contributed by atoms with Crippen LogP contribution in [0.2, 0.25) is 10.0 Å². The molecule has 168 valence electrons. The van der Waals surface area contributed by atoms with E-state index in [-0.39, 0.29) is 17.6 Å². The van der Waals surface area contributed by atoms with Gasteiger partial charge in [0.2, 0.25) is 0 Å². The van der Waals surface area contributed by atoms with E-state index in [1.807, 2.05) is 41.1 Å². The monoisotopic (exact) mass is 472 g/mol. The molecule has 0 saturated heterocycles. The van der Waals surface area contributed by atoms with E-state index in [0.717, 1.165) is 16.8 Å². The predicted molar refractivity (Wildman–Crippen MR) is 126 cm³/mol. The number of oxime groups is 1. The summed E-state index contributed by atoms with van der Waals surface area (Å²) in [5.41, 5.74) is 2.67. The lowest BCUT2D eigenvalue weighted by molar-refractivity contribution is 0.123. The van der Waals surface area contributed by atoms with Gasteiger partial charge in [-0.2, -0.15) is 5.10 Å². The number of benzene rings is 2. The van der Waals surface area contributed by atoms with Crippen molar-refractivity contribution in [2.24, 2.45) is 10.6 Å². The summed E-state index contributed by atoms with van der Waals surface area (Å²) in [7, 11) is 0. The van der Waals surface area contributed by atoms with E-state index >= 15 is 0 Å². The van der Waals surface area contributed by atoms with Crippen molar-refractivity contribution in [2.75, 3.05) is 0 Å². The zero-order chi connectivity index (χ0) is 22.7. The van der Waals surface area contributed by atoms with Crippen LogP contribution < -0.4 is 4.74 Å². The summed E-state index contributed by atoms with van der Waals surface area (Å²) in [6, 6.07) is 13.4. The molecule has 0 bridgehead atoms. The Labute approximate surface area is 198 Å². The van der Waals surface area contributed by atoms with Gasteiger partial charge in [0.1, 0.15) is 31.1 Å². The number of nitrogens with zero attached hydrogens (tertiary/aromatic N) is 4. The molecule has 1 aromatic heterocycles. The lowest BCUT2D eigenvalue weighted by atomic mass is 9.83. The van der Waals surface area contributed by atoms with Gasteiger partial charge in [-0.3, -0.25) is 0 Å². The molecule has 2 unspecified atom stereocenters. The summed E-state index contributed by atoms with van der Waals surface area (Å²) in [6.45, 7) is 6.73. The summed E-state index contributed by atoms with van der Waals surface area (Å²) in [6.07, 6.45) is 4.48. The lowest BCUT2D eigenvalue weighted by Crippen LogP contribution is -2.34. The topological polar surface area (TPSA) is 61.5 Å². The average Bonchev–Trinajstić information content (AvgIpc) is 3.40. The van der Waals surface area contributed by atoms with Gasteiger partial charge in [0.05, 0.1) is 16.8 Å². The quantitative estimate of drug-likeness (QED) is 0.306. The molecule has 0 N–H and O–H groups in total. The Morgan fingerprint density at radius 3 is 2.72 bits per heavy atom. The van der Waals surface area contributed by atoms with Gasteiger partial charge < -0.3 is 9.57 Å². The highest BCUT2D eigenvalue weighted by Crippen LogP contribution is 2.40. The fourth-order valence-corrected chi connectivity index (χ4v) is 4.48. The largest absolute Gasteiger partial charge is 0.488 e. The summed E-state index contributed by atoms with van der Waals surface area (Å²) in [5.74, 6) is 0.702. The minimum absolute atomic E-state index is 0.100. The molecule has 0 spiro atoms. The molecule has 0 aliphatic carbocycles. The Hall–Kier alpha value is -2.57. The molecule has 8 heteroatoms. The first-order valence-corrected chi connectivity index (χ1v) is 11.3. The minimum Gasteiger partial charge on any atom is -0.488 e. The van der Waals surface area contributed by atoms with Crippen molar-refractivity contribution in [2.45, 2.75) is 52.4 Å². The smallest absolute Gasteiger partial charge is 0.142 e. The highest BCUT2D eigenvalue weighted by Gasteiger charge is 2.35. The first kappa shape index (κ1) is 22.6. The third kappa shape index (κ3) is 5.25. The molecule has 1 aliphatic heterocycles. The number of ether oxygens (including phenoxy) is 1. The Kier molecular flexibility index (Phi) is 6.72. The number of halogens is 2. The van der Waals surface area contributed by atoms with Gasteiger partial charge >= 0.3 is 0 Å². The third-order valence-corrected chi connectivity index (χ3v) is 5.88. The number of rotatable bonds is 7. The second-order valence-electron chi connectivity index (χ2n) is 8.93. The Morgan fingerprint density at radius 2 is 2.03 bits per heavy atom. The molecule has 6 nitrogen and oxygen atoms in total. The Balaban J connectivity index is 1.58. The van der Waals surface area contributed by atoms with Gasteiger partial charge in [-0.15, -0.1) is 0 Å². The molecular weight excluding hydrogens is 447 g/mol. The van der Waals surface area contributed by atoms with Crippen LogP contribution in [0.4, 0.5) is 0 Å². The Morgan fingerprint density at radius 1 is 1.25 bits per heavy atom. The van der Waals surface area contributed by atoms with Crippen LogP contribution in [0.3, 0.4) is 0 Å². The van der Waals surface area contributed by atoms with Gasteiger partial charge in [-0.1, -0.05) is 79.5 Å². The van der Waals surface area contributed by atoms with Gasteiger partial charge in [0, 0.05) is 28.8 Å². The van der Waals surface area contributed by atoms with Gasteiger partial charge in [0.15, 0.2) is 0 Å². The molecule has 0 saturated carbocycles. The van der Waals surface area contributed by atoms with Gasteiger partial charge in [-0.05, 0) is 17.7 Å². The molecule has 4 rings (SSSR count). The van der Waals surface area contributed by atoms with Crippen molar-refractivity contribution >= 4 is 28.9 Å². The van der Waals surface area contributed by atoms with Crippen molar-refractivity contribution < 1.29 is 9.57 Å². The molecule has 0 fully saturated rings. The Bertz CT molecular complexity index is 1080. The van der Waals surface area contributed by atoms with Crippen LogP contribution in [0.25, 0.3) is 0 Å². The number of aromatic nitrogens is 3. The number of hydrogen-bond donors (Lipinski definition) is 0. The summed E-state index contributed by atoms with van der Waals surface area (Å²) >= 11 is 12.5. The van der Waals surface area contributed by atoms with E-state index in [9.17, 15) is 0 Å². The molecule has 2 atom stereocenters. The van der Waals surface area contributed by atoms with Gasteiger partial charge in [0.25, 0.3) is 0 Å². The van der Waals surface area contributed by atoms with Crippen LogP contribution in [0.1, 0.15) is 44.4 Å². The lowest BCUT2D eigenvalue weighted by Gasteiger charge is -2.29. The normalized spacial score (nSPS) is 17.0. The van der Waals surface area contributed by atoms with E-state index in [0.29, 0.717) is 35.2 Å². The summed E-state index contributed by atoms with van der Waals surface area (Å²) in [5, 5.41) is 10.1. The standard InChI is InChI=1S/C24H26Cl2N4O2/c1-24(2,3)23(29-31-13-16-7-5-4-6-8-16)21(30-15-27-14-28-30)12-19-10-17-9-18(25)11-20(26)22(17)32-19/h4-9,11,14-15,19,21H,10,12-13H2,1-3H3. The fourth-order valence-electron chi connectivity index (χ4n) is 3.90. The van der Waals surface area contributed by atoms with Crippen LogP contribution in [0.15, 0.2) is 60.3 Å². The molecule has 0 radical (unpaired) electrons. The first-order valence-electron chi connectivity index (χ1n) is 10.5. The second kappa shape index (κ2) is 9.51. The van der Waals surface area contributed by atoms with E-state index in [1.165, 1.54) is 6.33 Å². The van der Waals surface area contributed by atoms with Crippen LogP contribution in [0, 0.1) is 5.41 Å². The van der Waals surface area contributed by atoms with E-state index in [2.05, 4.69) is 36.0 Å². The first-order chi connectivity index (χ1) is 15.3. The van der Waals surface area contributed by atoms with Crippen molar-refractivity contribution in [1.82, 2.24) is 14.8 Å². The SMILES string of the molecule is CC(C)(C)C(=NOCc1ccccc1)C(CC1Cc2cc(Cl)cc(Cl)c2O1)n1cncn1. The molecule has 32 heavy (non-hydrogen) atoms. The van der Waals surface area contributed by atoms with E-state index < -0.39 is 0 Å². The van der Waals surface area contributed by atoms with Crippen LogP contribution >= 0.6 is 23.2 Å². The zero-order valence-corrected chi connectivity index (χ0v) is 19.8. The highest BCUT2D eigenvalue weighted by molar-refractivity contribution is 6.35. The van der Waals surface area contributed by atoms with Crippen molar-refractivity contribution in [1.29, 1.82) is 0 Å². The van der Waals surface area contributed by atoms with Crippen LogP contribution in [0.5, 0.6) is 5.75 Å². The zero-order valence-electron chi connectivity index (χ0n) is 18.3. The number of hydrogen-bond acceptors (Lipinski definition) is 5. The van der Waals surface area contributed by atoms with E-state index in [1.54, 1.807) is 12.4 Å². The second-order valence-corrected chi connectivity index (χ2v) is 9.78. The highest BCUT2D eigenvalue weighted by atomic mass is 35.5. The maximum absolute atomic E-state index is 6.36. The molecule has 1 aliphatic rings. The maximum Gasteiger partial charge on any atom is 0.142 e. The molecule has 2 aromatic carbocycles. The average molecular weight is 473 g/mol. The summed E-state index contributed by atoms with van der Waals surface area (Å²) in [4.78, 5) is 9.95. The van der Waals surface area contributed by atoms with Crippen molar-refractivity contribution in [3.05, 3.63) is 76.3 Å². The van der Waals surface area contributed by atoms with Crippen LogP contribution in [-0.4, -0.2) is 26.6 Å². The van der Waals surface area contributed by atoms with Crippen molar-refractivity contribution in [3.63, 3.8) is 0 Å². The third-order valence-electron chi connectivity index (χ3n) is 5.38. The van der Waals surface area contributed by atoms with E-state index in [4.69, 9.17) is 32.8 Å². The molecule has 0 amide bonds. The maximum atomic E-state index is 6.36. The number of fused-ring (bicyclic) bond motifs is 1.